The first-order chi connectivity index (χ1) is 11.9. The van der Waals surface area contributed by atoms with Crippen LogP contribution < -0.4 is 5.43 Å². The van der Waals surface area contributed by atoms with Crippen LogP contribution in [0.2, 0.25) is 5.02 Å². The fourth-order valence-corrected chi connectivity index (χ4v) is 3.39. The summed E-state index contributed by atoms with van der Waals surface area (Å²) in [5, 5.41) is 11.1. The highest BCUT2D eigenvalue weighted by Gasteiger charge is 2.33. The van der Waals surface area contributed by atoms with Crippen molar-refractivity contribution in [3.63, 3.8) is 0 Å². The minimum Gasteiger partial charge on any atom is -0.508 e. The summed E-state index contributed by atoms with van der Waals surface area (Å²) in [4.78, 5) is 25.1. The Bertz CT molecular complexity index is 897. The lowest BCUT2D eigenvalue weighted by atomic mass is 10.2. The number of nitrogens with zero attached hydrogens (tertiary/aromatic N) is 1. The van der Waals surface area contributed by atoms with E-state index in [1.165, 1.54) is 24.3 Å². The third kappa shape index (κ3) is 4.01. The van der Waals surface area contributed by atoms with Gasteiger partial charge in [0.2, 0.25) is 0 Å². The standard InChI is InChI=1S/C17H11ClN2O3S2/c18-12-6-4-10(5-7-12)8-14-16(23)20(17(24)25-14)19-15(22)11-2-1-3-13(21)9-11/h1-9,21H,(H,19,22)/b14-8+. The number of phenols is 1. The van der Waals surface area contributed by atoms with Gasteiger partial charge in [0.25, 0.3) is 11.8 Å². The summed E-state index contributed by atoms with van der Waals surface area (Å²) in [6.45, 7) is 0. The minimum atomic E-state index is -0.542. The van der Waals surface area contributed by atoms with Crippen LogP contribution in [0.1, 0.15) is 15.9 Å². The monoisotopic (exact) mass is 390 g/mol. The molecule has 126 valence electrons. The number of amides is 2. The molecule has 1 saturated heterocycles. The molecule has 25 heavy (non-hydrogen) atoms. The van der Waals surface area contributed by atoms with E-state index in [1.807, 2.05) is 0 Å². The van der Waals surface area contributed by atoms with Gasteiger partial charge in [-0.05, 0) is 54.2 Å². The van der Waals surface area contributed by atoms with Crippen LogP contribution in [0.4, 0.5) is 0 Å². The Balaban J connectivity index is 1.77. The molecule has 0 atom stereocenters. The largest absolute Gasteiger partial charge is 0.508 e. The number of hydrogen-bond donors (Lipinski definition) is 2. The number of rotatable bonds is 3. The molecule has 0 bridgehead atoms. The van der Waals surface area contributed by atoms with Gasteiger partial charge in [0.1, 0.15) is 5.75 Å². The van der Waals surface area contributed by atoms with E-state index in [1.54, 1.807) is 30.3 Å². The molecule has 0 unspecified atom stereocenters. The van der Waals surface area contributed by atoms with Gasteiger partial charge in [0.15, 0.2) is 4.32 Å². The van der Waals surface area contributed by atoms with Crippen molar-refractivity contribution in [2.45, 2.75) is 0 Å². The van der Waals surface area contributed by atoms with Crippen LogP contribution in [0, 0.1) is 0 Å². The van der Waals surface area contributed by atoms with Gasteiger partial charge in [-0.25, -0.2) is 0 Å². The number of hydrogen-bond acceptors (Lipinski definition) is 5. The Hall–Kier alpha value is -2.35. The fraction of sp³-hybridized carbons (Fsp3) is 0. The van der Waals surface area contributed by atoms with Crippen molar-refractivity contribution in [2.24, 2.45) is 0 Å². The normalized spacial score (nSPS) is 15.7. The fourth-order valence-electron chi connectivity index (χ4n) is 2.09. The zero-order valence-electron chi connectivity index (χ0n) is 12.6. The van der Waals surface area contributed by atoms with E-state index in [2.05, 4.69) is 5.43 Å². The molecule has 2 N–H and O–H groups in total. The Labute approximate surface area is 158 Å². The van der Waals surface area contributed by atoms with Crippen LogP contribution in [0.15, 0.2) is 53.4 Å². The summed E-state index contributed by atoms with van der Waals surface area (Å²) in [5.74, 6) is -1.00. The average molecular weight is 391 g/mol. The lowest BCUT2D eigenvalue weighted by molar-refractivity contribution is -0.123. The van der Waals surface area contributed by atoms with E-state index in [9.17, 15) is 14.7 Å². The highest BCUT2D eigenvalue weighted by Crippen LogP contribution is 2.31. The molecule has 1 aliphatic heterocycles. The molecule has 2 amide bonds. The summed E-state index contributed by atoms with van der Waals surface area (Å²) >= 11 is 12.1. The number of nitrogens with one attached hydrogen (secondary N) is 1. The smallest absolute Gasteiger partial charge is 0.285 e. The second-order valence-electron chi connectivity index (χ2n) is 5.06. The first-order valence-corrected chi connectivity index (χ1v) is 8.68. The van der Waals surface area contributed by atoms with E-state index in [-0.39, 0.29) is 15.6 Å². The molecule has 2 aromatic carbocycles. The molecule has 0 aromatic heterocycles. The third-order valence-electron chi connectivity index (χ3n) is 3.28. The second-order valence-corrected chi connectivity index (χ2v) is 7.17. The molecule has 8 heteroatoms. The quantitative estimate of drug-likeness (QED) is 0.619. The van der Waals surface area contributed by atoms with Crippen LogP contribution in [-0.2, 0) is 4.79 Å². The maximum Gasteiger partial charge on any atom is 0.285 e. The molecule has 1 heterocycles. The van der Waals surface area contributed by atoms with E-state index in [0.717, 1.165) is 22.3 Å². The van der Waals surface area contributed by atoms with Crippen LogP contribution in [0.5, 0.6) is 5.75 Å². The molecule has 5 nitrogen and oxygen atoms in total. The van der Waals surface area contributed by atoms with Crippen molar-refractivity contribution in [2.75, 3.05) is 0 Å². The predicted octanol–water partition coefficient (Wildman–Crippen LogP) is 3.59. The average Bonchev–Trinajstić information content (AvgIpc) is 2.84. The number of aromatic hydroxyl groups is 1. The topological polar surface area (TPSA) is 69.6 Å². The molecular formula is C17H11ClN2O3S2. The number of carbonyl (C=O) groups excluding carboxylic acids is 2. The third-order valence-corrected chi connectivity index (χ3v) is 4.84. The van der Waals surface area contributed by atoms with Gasteiger partial charge < -0.3 is 5.11 Å². The van der Waals surface area contributed by atoms with Gasteiger partial charge in [-0.15, -0.1) is 0 Å². The summed E-state index contributed by atoms with van der Waals surface area (Å²) in [5.41, 5.74) is 3.47. The van der Waals surface area contributed by atoms with Crippen molar-refractivity contribution >= 4 is 57.8 Å². The zero-order chi connectivity index (χ0) is 18.0. The molecule has 2 aromatic rings. The van der Waals surface area contributed by atoms with Crippen LogP contribution >= 0.6 is 35.6 Å². The Morgan fingerprint density at radius 2 is 1.96 bits per heavy atom. The second kappa shape index (κ2) is 7.26. The van der Waals surface area contributed by atoms with E-state index in [4.69, 9.17) is 23.8 Å². The first kappa shape index (κ1) is 17.5. The number of thioether (sulfide) groups is 1. The molecule has 0 radical (unpaired) electrons. The highest BCUT2D eigenvalue weighted by atomic mass is 35.5. The molecular weight excluding hydrogens is 380 g/mol. The molecule has 0 aliphatic carbocycles. The van der Waals surface area contributed by atoms with Crippen LogP contribution in [0.25, 0.3) is 6.08 Å². The Morgan fingerprint density at radius 3 is 2.64 bits per heavy atom. The molecule has 1 aliphatic rings. The van der Waals surface area contributed by atoms with Crippen molar-refractivity contribution in [1.29, 1.82) is 0 Å². The number of halogens is 1. The van der Waals surface area contributed by atoms with Gasteiger partial charge in [0.05, 0.1) is 4.91 Å². The van der Waals surface area contributed by atoms with Crippen molar-refractivity contribution in [3.05, 3.63) is 69.6 Å². The molecule has 3 rings (SSSR count). The maximum absolute atomic E-state index is 12.5. The summed E-state index contributed by atoms with van der Waals surface area (Å²) in [7, 11) is 0. The lowest BCUT2D eigenvalue weighted by Crippen LogP contribution is -2.44. The minimum absolute atomic E-state index is 0.0410. The Morgan fingerprint density at radius 1 is 1.24 bits per heavy atom. The van der Waals surface area contributed by atoms with E-state index < -0.39 is 11.8 Å². The molecule has 0 spiro atoms. The molecule has 0 saturated carbocycles. The van der Waals surface area contributed by atoms with Gasteiger partial charge in [0, 0.05) is 10.6 Å². The number of benzene rings is 2. The number of thiocarbonyl (C=S) groups is 1. The SMILES string of the molecule is O=C(NN1C(=O)/C(=C\c2ccc(Cl)cc2)SC1=S)c1cccc(O)c1. The highest BCUT2D eigenvalue weighted by molar-refractivity contribution is 8.26. The maximum atomic E-state index is 12.5. The number of phenolic OH excluding ortho intramolecular Hbond substituents is 1. The summed E-state index contributed by atoms with van der Waals surface area (Å²) in [6.07, 6.45) is 1.68. The van der Waals surface area contributed by atoms with Crippen LogP contribution in [0.3, 0.4) is 0 Å². The van der Waals surface area contributed by atoms with Gasteiger partial charge in [-0.2, -0.15) is 5.01 Å². The summed E-state index contributed by atoms with van der Waals surface area (Å²) in [6, 6.07) is 12.8. The first-order valence-electron chi connectivity index (χ1n) is 7.07. The van der Waals surface area contributed by atoms with Gasteiger partial charge >= 0.3 is 0 Å². The zero-order valence-corrected chi connectivity index (χ0v) is 15.0. The number of hydrazine groups is 1. The van der Waals surface area contributed by atoms with Crippen LogP contribution in [-0.4, -0.2) is 26.3 Å². The predicted molar refractivity (Wildman–Crippen MR) is 102 cm³/mol. The lowest BCUT2D eigenvalue weighted by Gasteiger charge is -2.15. The summed E-state index contributed by atoms with van der Waals surface area (Å²) < 4.78 is 0.221. The van der Waals surface area contributed by atoms with Crippen molar-refractivity contribution < 1.29 is 14.7 Å². The van der Waals surface area contributed by atoms with E-state index >= 15 is 0 Å². The Kier molecular flexibility index (Phi) is 5.08. The van der Waals surface area contributed by atoms with E-state index in [0.29, 0.717) is 9.93 Å². The van der Waals surface area contributed by atoms with Gasteiger partial charge in [-0.3, -0.25) is 15.0 Å². The van der Waals surface area contributed by atoms with Crippen molar-refractivity contribution in [1.82, 2.24) is 10.4 Å². The molecule has 1 fully saturated rings. The van der Waals surface area contributed by atoms with Gasteiger partial charge in [-0.1, -0.05) is 41.6 Å². The number of carbonyl (C=O) groups is 2. The van der Waals surface area contributed by atoms with Crippen molar-refractivity contribution in [3.8, 4) is 5.75 Å².